The molecule has 0 bridgehead atoms. The van der Waals surface area contributed by atoms with Crippen LogP contribution in [0.3, 0.4) is 0 Å². The second-order valence-corrected chi connectivity index (χ2v) is 6.34. The maximum absolute atomic E-state index is 13.7. The second kappa shape index (κ2) is 9.03. The van der Waals surface area contributed by atoms with Gasteiger partial charge in [0.05, 0.1) is 5.56 Å². The number of halogens is 2. The highest BCUT2D eigenvalue weighted by molar-refractivity contribution is 7.80. The van der Waals surface area contributed by atoms with E-state index in [4.69, 9.17) is 12.2 Å². The quantitative estimate of drug-likeness (QED) is 0.559. The van der Waals surface area contributed by atoms with E-state index in [2.05, 4.69) is 16.0 Å². The summed E-state index contributed by atoms with van der Waals surface area (Å²) >= 11 is 5.08. The van der Waals surface area contributed by atoms with Crippen molar-refractivity contribution in [1.29, 1.82) is 0 Å². The van der Waals surface area contributed by atoms with Crippen LogP contribution >= 0.6 is 12.2 Å². The highest BCUT2D eigenvalue weighted by Gasteiger charge is 2.13. The van der Waals surface area contributed by atoms with Gasteiger partial charge < -0.3 is 10.6 Å². The van der Waals surface area contributed by atoms with Gasteiger partial charge in [0.15, 0.2) is 5.11 Å². The molecule has 0 radical (unpaired) electrons. The Labute approximate surface area is 170 Å². The molecular weight excluding hydrogens is 396 g/mol. The molecule has 0 aliphatic carbocycles. The highest BCUT2D eigenvalue weighted by atomic mass is 32.1. The third-order valence-electron chi connectivity index (χ3n) is 3.83. The van der Waals surface area contributed by atoms with Crippen LogP contribution in [0.15, 0.2) is 72.8 Å². The lowest BCUT2D eigenvalue weighted by molar-refractivity contribution is 0.0972. The predicted octanol–water partition coefficient (Wildman–Crippen LogP) is 4.34. The zero-order valence-corrected chi connectivity index (χ0v) is 15.7. The van der Waals surface area contributed by atoms with Crippen molar-refractivity contribution in [2.75, 3.05) is 10.6 Å². The fourth-order valence-corrected chi connectivity index (χ4v) is 2.66. The van der Waals surface area contributed by atoms with Gasteiger partial charge in [0, 0.05) is 16.9 Å². The first-order valence-electron chi connectivity index (χ1n) is 8.46. The fraction of sp³-hybridized carbons (Fsp3) is 0. The Morgan fingerprint density at radius 2 is 1.48 bits per heavy atom. The van der Waals surface area contributed by atoms with Gasteiger partial charge in [-0.05, 0) is 66.8 Å². The monoisotopic (exact) mass is 411 g/mol. The third-order valence-corrected chi connectivity index (χ3v) is 4.03. The Hall–Kier alpha value is -3.65. The normalized spacial score (nSPS) is 10.1. The maximum Gasteiger partial charge on any atom is 0.260 e. The molecule has 0 unspecified atom stereocenters. The standard InChI is InChI=1S/C21H15F2N3O2S/c22-14-8-10-15(11-9-14)24-19(27)13-4-3-5-16(12-13)25-21(29)26-20(28)17-6-1-2-7-18(17)23/h1-12H,(H,24,27)(H2,25,26,28,29). The van der Waals surface area contributed by atoms with Crippen LogP contribution in [-0.4, -0.2) is 16.9 Å². The van der Waals surface area contributed by atoms with Crippen LogP contribution in [0.4, 0.5) is 20.2 Å². The molecule has 0 aliphatic rings. The number of rotatable bonds is 4. The van der Waals surface area contributed by atoms with E-state index in [1.807, 2.05) is 0 Å². The number of benzene rings is 3. The molecular formula is C21H15F2N3O2S. The van der Waals surface area contributed by atoms with E-state index >= 15 is 0 Å². The molecule has 3 N–H and O–H groups in total. The van der Waals surface area contributed by atoms with E-state index < -0.39 is 23.4 Å². The van der Waals surface area contributed by atoms with Crippen molar-refractivity contribution in [3.05, 3.63) is 95.6 Å². The number of carbonyl (C=O) groups excluding carboxylic acids is 2. The van der Waals surface area contributed by atoms with Crippen LogP contribution in [0.1, 0.15) is 20.7 Å². The van der Waals surface area contributed by atoms with Crippen LogP contribution in [0.2, 0.25) is 0 Å². The minimum Gasteiger partial charge on any atom is -0.332 e. The van der Waals surface area contributed by atoms with Crippen LogP contribution in [0.25, 0.3) is 0 Å². The summed E-state index contributed by atoms with van der Waals surface area (Å²) in [6, 6.07) is 17.3. The highest BCUT2D eigenvalue weighted by Crippen LogP contribution is 2.14. The van der Waals surface area contributed by atoms with Crippen LogP contribution in [0, 0.1) is 11.6 Å². The van der Waals surface area contributed by atoms with Gasteiger partial charge in [0.2, 0.25) is 0 Å². The summed E-state index contributed by atoms with van der Waals surface area (Å²) in [7, 11) is 0. The molecule has 8 heteroatoms. The van der Waals surface area contributed by atoms with E-state index in [0.29, 0.717) is 16.9 Å². The lowest BCUT2D eigenvalue weighted by Gasteiger charge is -2.11. The van der Waals surface area contributed by atoms with Crippen molar-refractivity contribution in [3.8, 4) is 0 Å². The largest absolute Gasteiger partial charge is 0.332 e. The molecule has 3 rings (SSSR count). The van der Waals surface area contributed by atoms with Crippen LogP contribution < -0.4 is 16.0 Å². The van der Waals surface area contributed by atoms with E-state index in [1.54, 1.807) is 18.2 Å². The van der Waals surface area contributed by atoms with Crippen LogP contribution in [-0.2, 0) is 0 Å². The van der Waals surface area contributed by atoms with E-state index in [1.165, 1.54) is 54.6 Å². The average molecular weight is 411 g/mol. The lowest BCUT2D eigenvalue weighted by Crippen LogP contribution is -2.34. The number of hydrogen-bond donors (Lipinski definition) is 3. The molecule has 3 aromatic rings. The number of nitrogens with one attached hydrogen (secondary N) is 3. The molecule has 0 spiro atoms. The summed E-state index contributed by atoms with van der Waals surface area (Å²) in [4.78, 5) is 24.5. The van der Waals surface area contributed by atoms with Gasteiger partial charge in [0.1, 0.15) is 11.6 Å². The molecule has 3 aromatic carbocycles. The Morgan fingerprint density at radius 3 is 2.21 bits per heavy atom. The summed E-state index contributed by atoms with van der Waals surface area (Å²) in [5.74, 6) is -2.15. The average Bonchev–Trinajstić information content (AvgIpc) is 2.70. The van der Waals surface area contributed by atoms with E-state index in [9.17, 15) is 18.4 Å². The van der Waals surface area contributed by atoms with Crippen molar-refractivity contribution in [3.63, 3.8) is 0 Å². The Morgan fingerprint density at radius 1 is 0.759 bits per heavy atom. The third kappa shape index (κ3) is 5.43. The first-order chi connectivity index (χ1) is 13.9. The zero-order valence-electron chi connectivity index (χ0n) is 14.9. The Balaban J connectivity index is 1.63. The van der Waals surface area contributed by atoms with Crippen molar-refractivity contribution in [2.45, 2.75) is 0 Å². The van der Waals surface area contributed by atoms with Crippen molar-refractivity contribution >= 4 is 40.5 Å². The molecule has 0 atom stereocenters. The number of thiocarbonyl (C=S) groups is 1. The number of hydrogen-bond acceptors (Lipinski definition) is 3. The lowest BCUT2D eigenvalue weighted by atomic mass is 10.2. The van der Waals surface area contributed by atoms with Gasteiger partial charge in [0.25, 0.3) is 11.8 Å². The summed E-state index contributed by atoms with van der Waals surface area (Å²) in [5, 5.41) is 7.76. The summed E-state index contributed by atoms with van der Waals surface area (Å²) < 4.78 is 26.6. The molecule has 2 amide bonds. The molecule has 146 valence electrons. The van der Waals surface area contributed by atoms with Crippen LogP contribution in [0.5, 0.6) is 0 Å². The topological polar surface area (TPSA) is 70.2 Å². The first kappa shape index (κ1) is 20.1. The molecule has 0 heterocycles. The fourth-order valence-electron chi connectivity index (χ4n) is 2.45. The zero-order chi connectivity index (χ0) is 20.8. The van der Waals surface area contributed by atoms with Gasteiger partial charge in [-0.25, -0.2) is 8.78 Å². The van der Waals surface area contributed by atoms with Gasteiger partial charge in [-0.15, -0.1) is 0 Å². The predicted molar refractivity (Wildman–Crippen MR) is 111 cm³/mol. The first-order valence-corrected chi connectivity index (χ1v) is 8.87. The molecule has 5 nitrogen and oxygen atoms in total. The summed E-state index contributed by atoms with van der Waals surface area (Å²) in [6.45, 7) is 0. The van der Waals surface area contributed by atoms with E-state index in [0.717, 1.165) is 0 Å². The SMILES string of the molecule is O=C(Nc1ccc(F)cc1)c1cccc(NC(=S)NC(=O)c2ccccc2F)c1. The second-order valence-electron chi connectivity index (χ2n) is 5.93. The van der Waals surface area contributed by atoms with E-state index in [-0.39, 0.29) is 10.7 Å². The minimum absolute atomic E-state index is 0.0469. The molecule has 29 heavy (non-hydrogen) atoms. The summed E-state index contributed by atoms with van der Waals surface area (Å²) in [6.07, 6.45) is 0. The maximum atomic E-state index is 13.7. The van der Waals surface area contributed by atoms with Crippen molar-refractivity contribution in [2.24, 2.45) is 0 Å². The van der Waals surface area contributed by atoms with Gasteiger partial charge in [-0.1, -0.05) is 18.2 Å². The number of anilines is 2. The smallest absolute Gasteiger partial charge is 0.260 e. The molecule has 0 aromatic heterocycles. The Kier molecular flexibility index (Phi) is 6.25. The van der Waals surface area contributed by atoms with Gasteiger partial charge in [-0.3, -0.25) is 14.9 Å². The number of carbonyl (C=O) groups is 2. The van der Waals surface area contributed by atoms with Gasteiger partial charge in [-0.2, -0.15) is 0 Å². The molecule has 0 aliphatic heterocycles. The number of amides is 2. The Bertz CT molecular complexity index is 1070. The molecule has 0 saturated heterocycles. The molecule has 0 fully saturated rings. The minimum atomic E-state index is -0.689. The van der Waals surface area contributed by atoms with Crippen molar-refractivity contribution in [1.82, 2.24) is 5.32 Å². The summed E-state index contributed by atoms with van der Waals surface area (Å²) in [5.41, 5.74) is 1.09. The van der Waals surface area contributed by atoms with Crippen molar-refractivity contribution < 1.29 is 18.4 Å². The van der Waals surface area contributed by atoms with Gasteiger partial charge >= 0.3 is 0 Å². The molecule has 0 saturated carbocycles.